The van der Waals surface area contributed by atoms with Crippen LogP contribution in [-0.4, -0.2) is 11.7 Å². The van der Waals surface area contributed by atoms with Crippen LogP contribution in [0.5, 0.6) is 0 Å². The molecule has 1 aromatic carbocycles. The van der Waals surface area contributed by atoms with Crippen molar-refractivity contribution in [3.63, 3.8) is 0 Å². The van der Waals surface area contributed by atoms with Gasteiger partial charge in [-0.2, -0.15) is 0 Å². The van der Waals surface area contributed by atoms with Gasteiger partial charge in [0.05, 0.1) is 6.04 Å². The van der Waals surface area contributed by atoms with E-state index in [-0.39, 0.29) is 20.1 Å². The molecule has 1 aromatic rings. The highest BCUT2D eigenvalue weighted by Gasteiger charge is 2.07. The molecule has 0 aliphatic carbocycles. The Kier molecular flexibility index (Phi) is 6.54. The number of aliphatic hydroxyl groups is 1. The van der Waals surface area contributed by atoms with E-state index < -0.39 is 0 Å². The number of benzene rings is 1. The van der Waals surface area contributed by atoms with Gasteiger partial charge in [-0.05, 0) is 29.6 Å². The maximum atomic E-state index is 8.77. The Morgan fingerprint density at radius 1 is 1.40 bits per heavy atom. The van der Waals surface area contributed by atoms with E-state index in [0.29, 0.717) is 11.4 Å². The minimum Gasteiger partial charge on any atom is -0.396 e. The molecular weight excluding hydrogens is 214 g/mol. The molecule has 1 atom stereocenters. The Balaban J connectivity index is 0.00000196. The third-order valence-electron chi connectivity index (χ3n) is 1.85. The Morgan fingerprint density at radius 2 is 2.00 bits per heavy atom. The Labute approximate surface area is 94.1 Å². The van der Waals surface area contributed by atoms with E-state index >= 15 is 0 Å². The minimum atomic E-state index is -0.317. The summed E-state index contributed by atoms with van der Waals surface area (Å²) in [6.07, 6.45) is 0.422. The van der Waals surface area contributed by atoms with Crippen LogP contribution in [-0.2, 0) is 0 Å². The summed E-state index contributed by atoms with van der Waals surface area (Å²) < 4.78 is 0. The summed E-state index contributed by atoms with van der Waals surface area (Å²) in [6.45, 7) is -0.00763. The lowest BCUT2D eigenvalue weighted by Gasteiger charge is -2.09. The molecule has 0 spiro atoms. The molecule has 0 saturated heterocycles. The van der Waals surface area contributed by atoms with E-state index in [1.165, 1.54) is 0 Å². The Bertz CT molecular complexity index is 333. The lowest BCUT2D eigenvalue weighted by atomic mass is 10.1. The Hall–Kier alpha value is -1.22. The zero-order chi connectivity index (χ0) is 10.4. The van der Waals surface area contributed by atoms with Crippen molar-refractivity contribution in [2.24, 2.45) is 5.11 Å². The van der Waals surface area contributed by atoms with Gasteiger partial charge in [0.15, 0.2) is 0 Å². The average molecular weight is 228 g/mol. The lowest BCUT2D eigenvalue weighted by Crippen LogP contribution is -1.97. The number of aliphatic hydroxyl groups excluding tert-OH is 1. The first kappa shape index (κ1) is 13.8. The second-order valence-corrected chi connectivity index (χ2v) is 3.22. The largest absolute Gasteiger partial charge is 0.396 e. The van der Waals surface area contributed by atoms with Crippen molar-refractivity contribution in [1.82, 2.24) is 0 Å². The average Bonchev–Trinajstić information content (AvgIpc) is 2.19. The van der Waals surface area contributed by atoms with Crippen molar-refractivity contribution in [3.8, 4) is 0 Å². The maximum Gasteiger partial charge on any atom is 0.0647 e. The Morgan fingerprint density at radius 3 is 2.47 bits per heavy atom. The highest BCUT2D eigenvalue weighted by molar-refractivity contribution is 6.30. The number of halogens is 1. The van der Waals surface area contributed by atoms with Crippen molar-refractivity contribution in [3.05, 3.63) is 45.3 Å². The highest BCUT2D eigenvalue weighted by atomic mass is 35.5. The molecule has 0 amide bonds. The van der Waals surface area contributed by atoms with E-state index in [1.807, 2.05) is 0 Å². The second-order valence-electron chi connectivity index (χ2n) is 2.78. The standard InChI is InChI=1S/C9H10ClN3O.CH4/c10-8-3-1-7(2-4-8)9(5-6-14)12-13-11;/h1-4,9,14H,5-6H2;1H4. The van der Waals surface area contributed by atoms with Crippen molar-refractivity contribution in [1.29, 1.82) is 0 Å². The first-order chi connectivity index (χ1) is 6.77. The van der Waals surface area contributed by atoms with Crippen molar-refractivity contribution >= 4 is 11.6 Å². The van der Waals surface area contributed by atoms with E-state index in [1.54, 1.807) is 24.3 Å². The van der Waals surface area contributed by atoms with Gasteiger partial charge >= 0.3 is 0 Å². The number of rotatable bonds is 4. The topological polar surface area (TPSA) is 69.0 Å². The van der Waals surface area contributed by atoms with E-state index in [0.717, 1.165) is 5.56 Å². The molecule has 1 unspecified atom stereocenters. The molecule has 82 valence electrons. The molecule has 0 heterocycles. The molecule has 0 saturated carbocycles. The van der Waals surface area contributed by atoms with Crippen molar-refractivity contribution in [2.45, 2.75) is 19.9 Å². The zero-order valence-corrected chi connectivity index (χ0v) is 8.22. The molecule has 0 aromatic heterocycles. The van der Waals surface area contributed by atoms with Crippen LogP contribution in [0.4, 0.5) is 0 Å². The first-order valence-electron chi connectivity index (χ1n) is 4.18. The number of azide groups is 1. The molecule has 0 radical (unpaired) electrons. The van der Waals surface area contributed by atoms with E-state index in [9.17, 15) is 0 Å². The molecule has 1 rings (SSSR count). The molecular formula is C10H14ClN3O. The van der Waals surface area contributed by atoms with Crippen LogP contribution in [0, 0.1) is 0 Å². The fourth-order valence-corrected chi connectivity index (χ4v) is 1.29. The molecule has 4 nitrogen and oxygen atoms in total. The molecule has 0 aliphatic rings. The van der Waals surface area contributed by atoms with Crippen molar-refractivity contribution < 1.29 is 5.11 Å². The summed E-state index contributed by atoms with van der Waals surface area (Å²) in [6, 6.07) is 6.72. The van der Waals surface area contributed by atoms with Crippen LogP contribution >= 0.6 is 11.6 Å². The van der Waals surface area contributed by atoms with Crippen LogP contribution in [0.25, 0.3) is 10.4 Å². The van der Waals surface area contributed by atoms with E-state index in [2.05, 4.69) is 10.0 Å². The summed E-state index contributed by atoms with van der Waals surface area (Å²) in [7, 11) is 0. The first-order valence-corrected chi connectivity index (χ1v) is 4.56. The van der Waals surface area contributed by atoms with Gasteiger partial charge in [-0.1, -0.05) is 36.3 Å². The number of hydrogen-bond donors (Lipinski definition) is 1. The zero-order valence-electron chi connectivity index (χ0n) is 7.47. The van der Waals surface area contributed by atoms with Gasteiger partial charge in [-0.15, -0.1) is 0 Å². The molecule has 0 bridgehead atoms. The van der Waals surface area contributed by atoms with E-state index in [4.69, 9.17) is 22.2 Å². The SMILES string of the molecule is C.[N-]=[N+]=NC(CCO)c1ccc(Cl)cc1. The molecule has 5 heteroatoms. The monoisotopic (exact) mass is 227 g/mol. The van der Waals surface area contributed by atoms with Gasteiger partial charge in [-0.25, -0.2) is 0 Å². The fraction of sp³-hybridized carbons (Fsp3) is 0.400. The summed E-state index contributed by atoms with van der Waals surface area (Å²) in [5.74, 6) is 0. The van der Waals surface area contributed by atoms with Gasteiger partial charge in [0.1, 0.15) is 0 Å². The number of hydrogen-bond acceptors (Lipinski definition) is 2. The number of nitrogens with zero attached hydrogens (tertiary/aromatic N) is 3. The fourth-order valence-electron chi connectivity index (χ4n) is 1.16. The summed E-state index contributed by atoms with van der Waals surface area (Å²) in [4.78, 5) is 2.73. The third-order valence-corrected chi connectivity index (χ3v) is 2.10. The predicted octanol–water partition coefficient (Wildman–Crippen LogP) is 3.71. The van der Waals surface area contributed by atoms with Gasteiger partial charge < -0.3 is 5.11 Å². The van der Waals surface area contributed by atoms with Crippen LogP contribution in [0.3, 0.4) is 0 Å². The molecule has 1 N–H and O–H groups in total. The molecule has 0 aliphatic heterocycles. The normalized spacial score (nSPS) is 11.1. The third kappa shape index (κ3) is 4.21. The second kappa shape index (κ2) is 7.12. The van der Waals surface area contributed by atoms with Gasteiger partial charge in [0.25, 0.3) is 0 Å². The van der Waals surface area contributed by atoms with Crippen molar-refractivity contribution in [2.75, 3.05) is 6.61 Å². The van der Waals surface area contributed by atoms with Crippen LogP contribution < -0.4 is 0 Å². The van der Waals surface area contributed by atoms with Crippen LogP contribution in [0.2, 0.25) is 5.02 Å². The maximum absolute atomic E-state index is 8.77. The van der Waals surface area contributed by atoms with Gasteiger partial charge in [-0.3, -0.25) is 0 Å². The molecule has 0 fully saturated rings. The van der Waals surface area contributed by atoms with Gasteiger partial charge in [0.2, 0.25) is 0 Å². The highest BCUT2D eigenvalue weighted by Crippen LogP contribution is 2.22. The quantitative estimate of drug-likeness (QED) is 0.476. The van der Waals surface area contributed by atoms with Gasteiger partial charge in [0, 0.05) is 16.5 Å². The summed E-state index contributed by atoms with van der Waals surface area (Å²) in [5, 5.41) is 13.0. The van der Waals surface area contributed by atoms with Crippen LogP contribution in [0.15, 0.2) is 29.4 Å². The minimum absolute atomic E-state index is 0. The predicted molar refractivity (Wildman–Crippen MR) is 61.8 cm³/mol. The lowest BCUT2D eigenvalue weighted by molar-refractivity contribution is 0.276. The summed E-state index contributed by atoms with van der Waals surface area (Å²) in [5.41, 5.74) is 9.19. The molecule has 15 heavy (non-hydrogen) atoms. The smallest absolute Gasteiger partial charge is 0.0647 e. The van der Waals surface area contributed by atoms with Crippen LogP contribution in [0.1, 0.15) is 25.5 Å². The summed E-state index contributed by atoms with van der Waals surface area (Å²) >= 11 is 5.72.